The molecular weight excluding hydrogens is 348 g/mol. The van der Waals surface area contributed by atoms with Gasteiger partial charge >= 0.3 is 5.69 Å². The molecule has 142 valence electrons. The van der Waals surface area contributed by atoms with Crippen molar-refractivity contribution in [1.82, 2.24) is 0 Å². The van der Waals surface area contributed by atoms with Gasteiger partial charge in [0.15, 0.2) is 18.1 Å². The summed E-state index contributed by atoms with van der Waals surface area (Å²) in [6.45, 7) is 5.34. The van der Waals surface area contributed by atoms with E-state index >= 15 is 0 Å². The van der Waals surface area contributed by atoms with Crippen molar-refractivity contribution in [2.75, 3.05) is 11.9 Å². The molecule has 0 aliphatic rings. The first-order valence-corrected chi connectivity index (χ1v) is 8.57. The van der Waals surface area contributed by atoms with Gasteiger partial charge in [0.05, 0.1) is 4.92 Å². The first kappa shape index (κ1) is 20.1. The third-order valence-corrected chi connectivity index (χ3v) is 3.75. The van der Waals surface area contributed by atoms with Crippen LogP contribution in [0, 0.1) is 23.0 Å². The Kier molecular flexibility index (Phi) is 6.65. The van der Waals surface area contributed by atoms with E-state index in [9.17, 15) is 19.7 Å². The van der Waals surface area contributed by atoms with Crippen molar-refractivity contribution >= 4 is 23.1 Å². The molecule has 0 saturated carbocycles. The third kappa shape index (κ3) is 5.91. The van der Waals surface area contributed by atoms with Gasteiger partial charge < -0.3 is 10.1 Å². The molecule has 0 fully saturated rings. The molecule has 0 saturated heterocycles. The number of benzene rings is 2. The number of aryl methyl sites for hydroxylation is 1. The third-order valence-electron chi connectivity index (χ3n) is 3.75. The minimum atomic E-state index is -0.540. The minimum absolute atomic E-state index is 0.0523. The van der Waals surface area contributed by atoms with E-state index in [-0.39, 0.29) is 35.7 Å². The summed E-state index contributed by atoms with van der Waals surface area (Å²) in [5, 5.41) is 13.9. The highest BCUT2D eigenvalue weighted by Crippen LogP contribution is 2.27. The summed E-state index contributed by atoms with van der Waals surface area (Å²) >= 11 is 0. The highest BCUT2D eigenvalue weighted by atomic mass is 16.6. The summed E-state index contributed by atoms with van der Waals surface area (Å²) in [6.07, 6.45) is 0.420. The molecule has 0 bridgehead atoms. The molecule has 0 aliphatic carbocycles. The van der Waals surface area contributed by atoms with Gasteiger partial charge in [-0.2, -0.15) is 0 Å². The van der Waals surface area contributed by atoms with Crippen LogP contribution >= 0.6 is 0 Å². The number of hydrogen-bond donors (Lipinski definition) is 1. The lowest BCUT2D eigenvalue weighted by molar-refractivity contribution is -0.385. The van der Waals surface area contributed by atoms with Gasteiger partial charge in [-0.25, -0.2) is 0 Å². The molecule has 7 heteroatoms. The monoisotopic (exact) mass is 370 g/mol. The van der Waals surface area contributed by atoms with E-state index in [4.69, 9.17) is 4.74 Å². The number of hydrogen-bond acceptors (Lipinski definition) is 5. The zero-order valence-corrected chi connectivity index (χ0v) is 15.5. The molecular formula is C20H22N2O5. The van der Waals surface area contributed by atoms with Crippen molar-refractivity contribution in [2.45, 2.75) is 27.2 Å². The van der Waals surface area contributed by atoms with Crippen molar-refractivity contribution in [1.29, 1.82) is 0 Å². The Labute approximate surface area is 157 Å². The van der Waals surface area contributed by atoms with Gasteiger partial charge in [-0.3, -0.25) is 19.7 Å². The first-order valence-electron chi connectivity index (χ1n) is 8.57. The van der Waals surface area contributed by atoms with Crippen LogP contribution in [0.4, 0.5) is 11.4 Å². The topological polar surface area (TPSA) is 98.5 Å². The number of carbonyl (C=O) groups excluding carboxylic acids is 2. The lowest BCUT2D eigenvalue weighted by atomic mass is 10.1. The number of rotatable bonds is 8. The number of Topliss-reactive ketones (excluding diaryl/α,β-unsaturated/α-hetero) is 1. The summed E-state index contributed by atoms with van der Waals surface area (Å²) in [5.74, 6) is -0.0885. The van der Waals surface area contributed by atoms with Gasteiger partial charge in [0.2, 0.25) is 5.91 Å². The maximum Gasteiger partial charge on any atom is 0.311 e. The van der Waals surface area contributed by atoms with E-state index in [1.165, 1.54) is 12.1 Å². The zero-order chi connectivity index (χ0) is 20.0. The molecule has 1 N–H and O–H groups in total. The molecule has 2 rings (SSSR count). The summed E-state index contributed by atoms with van der Waals surface area (Å²) in [5.41, 5.74) is 1.56. The standard InChI is InChI=1S/C20H22N2O5/c1-13(2)10-20(24)21-16-7-5-15(6-8-16)18(23)12-27-19-9-4-14(3)11-17(19)22(25)26/h4-9,11,13H,10,12H2,1-3H3,(H,21,24). The second-order valence-electron chi connectivity index (χ2n) is 6.66. The molecule has 0 unspecified atom stereocenters. The molecule has 27 heavy (non-hydrogen) atoms. The number of carbonyl (C=O) groups is 2. The van der Waals surface area contributed by atoms with Crippen LogP contribution in [0.25, 0.3) is 0 Å². The number of nitro benzene ring substituents is 1. The van der Waals surface area contributed by atoms with Crippen LogP contribution in [0.5, 0.6) is 5.75 Å². The Hall–Kier alpha value is -3.22. The van der Waals surface area contributed by atoms with Crippen molar-refractivity contribution in [3.8, 4) is 5.75 Å². The molecule has 2 aromatic rings. The van der Waals surface area contributed by atoms with Gasteiger partial charge in [-0.1, -0.05) is 19.9 Å². The van der Waals surface area contributed by atoms with Crippen LogP contribution in [0.15, 0.2) is 42.5 Å². The quantitative estimate of drug-likeness (QED) is 0.427. The Morgan fingerprint density at radius 2 is 1.81 bits per heavy atom. The first-order chi connectivity index (χ1) is 12.8. The lowest BCUT2D eigenvalue weighted by Gasteiger charge is -2.09. The van der Waals surface area contributed by atoms with Gasteiger partial charge in [0, 0.05) is 23.7 Å². The van der Waals surface area contributed by atoms with Gasteiger partial charge in [0.1, 0.15) is 0 Å². The van der Waals surface area contributed by atoms with Crippen molar-refractivity contribution < 1.29 is 19.2 Å². The molecule has 2 aromatic carbocycles. The van der Waals surface area contributed by atoms with Crippen molar-refractivity contribution in [3.63, 3.8) is 0 Å². The van der Waals surface area contributed by atoms with Crippen LogP contribution in [0.3, 0.4) is 0 Å². The average molecular weight is 370 g/mol. The molecule has 0 heterocycles. The van der Waals surface area contributed by atoms with Gasteiger partial charge in [-0.15, -0.1) is 0 Å². The second-order valence-corrected chi connectivity index (χ2v) is 6.66. The molecule has 0 aliphatic heterocycles. The predicted octanol–water partition coefficient (Wildman–Crippen LogP) is 4.15. The van der Waals surface area contributed by atoms with E-state index in [1.54, 1.807) is 37.3 Å². The fraction of sp³-hybridized carbons (Fsp3) is 0.300. The van der Waals surface area contributed by atoms with E-state index in [0.717, 1.165) is 5.56 Å². The molecule has 0 spiro atoms. The van der Waals surface area contributed by atoms with E-state index in [0.29, 0.717) is 17.7 Å². The van der Waals surface area contributed by atoms with Crippen LogP contribution in [-0.2, 0) is 4.79 Å². The molecule has 0 atom stereocenters. The van der Waals surface area contributed by atoms with Crippen LogP contribution in [0.2, 0.25) is 0 Å². The fourth-order valence-electron chi connectivity index (χ4n) is 2.44. The maximum absolute atomic E-state index is 12.3. The van der Waals surface area contributed by atoms with E-state index < -0.39 is 4.92 Å². The Morgan fingerprint density at radius 1 is 1.15 bits per heavy atom. The zero-order valence-electron chi connectivity index (χ0n) is 15.5. The summed E-state index contributed by atoms with van der Waals surface area (Å²) in [4.78, 5) is 34.6. The fourth-order valence-corrected chi connectivity index (χ4v) is 2.44. The van der Waals surface area contributed by atoms with E-state index in [2.05, 4.69) is 5.32 Å². The van der Waals surface area contributed by atoms with Crippen molar-refractivity contribution in [2.24, 2.45) is 5.92 Å². The van der Waals surface area contributed by atoms with Crippen LogP contribution in [0.1, 0.15) is 36.2 Å². The van der Waals surface area contributed by atoms with Crippen LogP contribution in [-0.4, -0.2) is 23.2 Å². The number of nitro groups is 1. The average Bonchev–Trinajstić information content (AvgIpc) is 2.60. The number of nitrogens with zero attached hydrogens (tertiary/aromatic N) is 1. The number of ether oxygens (including phenoxy) is 1. The minimum Gasteiger partial charge on any atom is -0.478 e. The lowest BCUT2D eigenvalue weighted by Crippen LogP contribution is -2.15. The highest BCUT2D eigenvalue weighted by Gasteiger charge is 2.17. The SMILES string of the molecule is Cc1ccc(OCC(=O)c2ccc(NC(=O)CC(C)C)cc2)c([N+](=O)[O-])c1. The summed E-state index contributed by atoms with van der Waals surface area (Å²) in [6, 6.07) is 11.0. The number of ketones is 1. The molecule has 0 radical (unpaired) electrons. The Balaban J connectivity index is 1.99. The predicted molar refractivity (Wildman–Crippen MR) is 102 cm³/mol. The Morgan fingerprint density at radius 3 is 2.41 bits per heavy atom. The van der Waals surface area contributed by atoms with Crippen LogP contribution < -0.4 is 10.1 Å². The normalized spacial score (nSPS) is 10.5. The highest BCUT2D eigenvalue weighted by molar-refractivity contribution is 5.98. The smallest absolute Gasteiger partial charge is 0.311 e. The number of nitrogens with one attached hydrogen (secondary N) is 1. The van der Waals surface area contributed by atoms with Crippen molar-refractivity contribution in [3.05, 3.63) is 63.7 Å². The largest absolute Gasteiger partial charge is 0.478 e. The van der Waals surface area contributed by atoms with Gasteiger partial charge in [0.25, 0.3) is 0 Å². The van der Waals surface area contributed by atoms with Gasteiger partial charge in [-0.05, 0) is 48.7 Å². The number of amides is 1. The summed E-state index contributed by atoms with van der Waals surface area (Å²) < 4.78 is 5.35. The number of anilines is 1. The molecule has 7 nitrogen and oxygen atoms in total. The molecule has 1 amide bonds. The summed E-state index contributed by atoms with van der Waals surface area (Å²) in [7, 11) is 0. The maximum atomic E-state index is 12.3. The van der Waals surface area contributed by atoms with E-state index in [1.807, 2.05) is 13.8 Å². The Bertz CT molecular complexity index is 844. The molecule has 0 aromatic heterocycles. The second kappa shape index (κ2) is 8.93.